The predicted octanol–water partition coefficient (Wildman–Crippen LogP) is 4.08. The standard InChI is InChI=1S/C20H22FN5/c1-26(2)18-9-7-17(8-10-18)25-20-13-19(23-14-24-20)22-12-11-15-3-5-16(21)6-4-15/h3-10,13-14H,11-12H2,1-2H3,(H2,22,23,24,25). The maximum absolute atomic E-state index is 12.9. The summed E-state index contributed by atoms with van der Waals surface area (Å²) in [6.45, 7) is 0.708. The first-order chi connectivity index (χ1) is 12.6. The second-order valence-electron chi connectivity index (χ2n) is 6.16. The SMILES string of the molecule is CN(C)c1ccc(Nc2cc(NCCc3ccc(F)cc3)ncn2)cc1. The van der Waals surface area contributed by atoms with E-state index >= 15 is 0 Å². The molecule has 2 N–H and O–H groups in total. The minimum atomic E-state index is -0.216. The highest BCUT2D eigenvalue weighted by atomic mass is 19.1. The Labute approximate surface area is 152 Å². The summed E-state index contributed by atoms with van der Waals surface area (Å²) in [6.07, 6.45) is 2.32. The minimum Gasteiger partial charge on any atom is -0.378 e. The molecule has 6 heteroatoms. The highest BCUT2D eigenvalue weighted by molar-refractivity contribution is 5.62. The Balaban J connectivity index is 1.56. The van der Waals surface area contributed by atoms with Crippen LogP contribution in [0.15, 0.2) is 60.9 Å². The molecule has 0 atom stereocenters. The number of aromatic nitrogens is 2. The molecule has 0 radical (unpaired) electrons. The summed E-state index contributed by atoms with van der Waals surface area (Å²) in [4.78, 5) is 10.5. The van der Waals surface area contributed by atoms with Crippen molar-refractivity contribution in [2.45, 2.75) is 6.42 Å². The quantitative estimate of drug-likeness (QED) is 0.672. The van der Waals surface area contributed by atoms with Crippen LogP contribution in [-0.4, -0.2) is 30.6 Å². The lowest BCUT2D eigenvalue weighted by atomic mass is 10.1. The lowest BCUT2D eigenvalue weighted by Crippen LogP contribution is -2.08. The summed E-state index contributed by atoms with van der Waals surface area (Å²) < 4.78 is 12.9. The highest BCUT2D eigenvalue weighted by Crippen LogP contribution is 2.19. The molecule has 0 saturated heterocycles. The second kappa shape index (κ2) is 8.29. The molecule has 3 rings (SSSR count). The fourth-order valence-electron chi connectivity index (χ4n) is 2.50. The summed E-state index contributed by atoms with van der Waals surface area (Å²) in [5.74, 6) is 1.25. The van der Waals surface area contributed by atoms with E-state index in [9.17, 15) is 4.39 Å². The van der Waals surface area contributed by atoms with Crippen LogP contribution in [0.2, 0.25) is 0 Å². The molecule has 0 spiro atoms. The molecular weight excluding hydrogens is 329 g/mol. The van der Waals surface area contributed by atoms with E-state index in [2.05, 4.69) is 25.5 Å². The third-order valence-electron chi connectivity index (χ3n) is 3.96. The van der Waals surface area contributed by atoms with Gasteiger partial charge in [-0.1, -0.05) is 12.1 Å². The van der Waals surface area contributed by atoms with Crippen molar-refractivity contribution in [1.29, 1.82) is 0 Å². The maximum atomic E-state index is 12.9. The van der Waals surface area contributed by atoms with Gasteiger partial charge in [0.25, 0.3) is 0 Å². The zero-order valence-electron chi connectivity index (χ0n) is 14.9. The third kappa shape index (κ3) is 4.92. The Kier molecular flexibility index (Phi) is 5.63. The van der Waals surface area contributed by atoms with E-state index in [0.717, 1.165) is 35.0 Å². The van der Waals surface area contributed by atoms with Crippen LogP contribution in [-0.2, 0) is 6.42 Å². The largest absolute Gasteiger partial charge is 0.378 e. The number of nitrogens with zero attached hydrogens (tertiary/aromatic N) is 3. The Bertz CT molecular complexity index is 832. The fraction of sp³-hybridized carbons (Fsp3) is 0.200. The molecule has 1 heterocycles. The number of hydrogen-bond donors (Lipinski definition) is 2. The van der Waals surface area contributed by atoms with Gasteiger partial charge in [-0.05, 0) is 48.4 Å². The van der Waals surface area contributed by atoms with E-state index in [1.54, 1.807) is 12.1 Å². The molecular formula is C20H22FN5. The summed E-state index contributed by atoms with van der Waals surface area (Å²) >= 11 is 0. The van der Waals surface area contributed by atoms with Crippen LogP contribution in [0.25, 0.3) is 0 Å². The van der Waals surface area contributed by atoms with Gasteiger partial charge in [0.15, 0.2) is 0 Å². The number of nitrogens with one attached hydrogen (secondary N) is 2. The number of halogens is 1. The first kappa shape index (κ1) is 17.7. The van der Waals surface area contributed by atoms with E-state index < -0.39 is 0 Å². The summed E-state index contributed by atoms with van der Waals surface area (Å²) in [6, 6.07) is 16.5. The van der Waals surface area contributed by atoms with Crippen molar-refractivity contribution < 1.29 is 4.39 Å². The first-order valence-corrected chi connectivity index (χ1v) is 8.45. The van der Waals surface area contributed by atoms with Gasteiger partial charge >= 0.3 is 0 Å². The van der Waals surface area contributed by atoms with Gasteiger partial charge in [-0.15, -0.1) is 0 Å². The molecule has 0 saturated carbocycles. The maximum Gasteiger partial charge on any atom is 0.135 e. The van der Waals surface area contributed by atoms with E-state index in [1.807, 2.05) is 44.4 Å². The lowest BCUT2D eigenvalue weighted by Gasteiger charge is -2.13. The number of rotatable bonds is 7. The zero-order valence-corrected chi connectivity index (χ0v) is 14.9. The average molecular weight is 351 g/mol. The van der Waals surface area contributed by atoms with Crippen molar-refractivity contribution in [3.8, 4) is 0 Å². The van der Waals surface area contributed by atoms with Crippen LogP contribution in [0.1, 0.15) is 5.56 Å². The van der Waals surface area contributed by atoms with Gasteiger partial charge in [0, 0.05) is 38.1 Å². The van der Waals surface area contributed by atoms with Gasteiger partial charge < -0.3 is 15.5 Å². The van der Waals surface area contributed by atoms with Gasteiger partial charge in [0.1, 0.15) is 23.8 Å². The topological polar surface area (TPSA) is 53.1 Å². The normalized spacial score (nSPS) is 10.4. The molecule has 0 aliphatic carbocycles. The van der Waals surface area contributed by atoms with Crippen molar-refractivity contribution >= 4 is 23.0 Å². The van der Waals surface area contributed by atoms with Gasteiger partial charge in [-0.25, -0.2) is 14.4 Å². The first-order valence-electron chi connectivity index (χ1n) is 8.45. The molecule has 1 aromatic heterocycles. The number of benzene rings is 2. The second-order valence-corrected chi connectivity index (χ2v) is 6.16. The van der Waals surface area contributed by atoms with Crippen LogP contribution in [0, 0.1) is 5.82 Å². The highest BCUT2D eigenvalue weighted by Gasteiger charge is 2.01. The molecule has 0 aliphatic heterocycles. The molecule has 0 fully saturated rings. The van der Waals surface area contributed by atoms with E-state index in [4.69, 9.17) is 0 Å². The Morgan fingerprint density at radius 1 is 0.923 bits per heavy atom. The van der Waals surface area contributed by atoms with Crippen LogP contribution in [0.5, 0.6) is 0 Å². The number of hydrogen-bond acceptors (Lipinski definition) is 5. The van der Waals surface area contributed by atoms with E-state index in [0.29, 0.717) is 6.54 Å². The van der Waals surface area contributed by atoms with Gasteiger partial charge in [-0.3, -0.25) is 0 Å². The molecule has 3 aromatic rings. The van der Waals surface area contributed by atoms with Gasteiger partial charge in [-0.2, -0.15) is 0 Å². The van der Waals surface area contributed by atoms with Crippen LogP contribution in [0.3, 0.4) is 0 Å². The average Bonchev–Trinajstić information content (AvgIpc) is 2.64. The van der Waals surface area contributed by atoms with Crippen molar-refractivity contribution in [1.82, 2.24) is 9.97 Å². The number of anilines is 4. The molecule has 2 aromatic carbocycles. The summed E-state index contributed by atoms with van der Waals surface area (Å²) in [5, 5.41) is 6.54. The predicted molar refractivity (Wildman–Crippen MR) is 105 cm³/mol. The third-order valence-corrected chi connectivity index (χ3v) is 3.96. The molecule has 0 unspecified atom stereocenters. The van der Waals surface area contributed by atoms with Crippen molar-refractivity contribution in [2.24, 2.45) is 0 Å². The molecule has 0 bridgehead atoms. The molecule has 5 nitrogen and oxygen atoms in total. The Hall–Kier alpha value is -3.15. The summed E-state index contributed by atoms with van der Waals surface area (Å²) in [5.41, 5.74) is 3.18. The molecule has 26 heavy (non-hydrogen) atoms. The lowest BCUT2D eigenvalue weighted by molar-refractivity contribution is 0.627. The minimum absolute atomic E-state index is 0.216. The molecule has 0 amide bonds. The Morgan fingerprint density at radius 3 is 2.31 bits per heavy atom. The van der Waals surface area contributed by atoms with Crippen molar-refractivity contribution in [3.63, 3.8) is 0 Å². The zero-order chi connectivity index (χ0) is 18.4. The van der Waals surface area contributed by atoms with E-state index in [-0.39, 0.29) is 5.82 Å². The van der Waals surface area contributed by atoms with Crippen molar-refractivity contribution in [3.05, 3.63) is 72.3 Å². The van der Waals surface area contributed by atoms with Crippen LogP contribution < -0.4 is 15.5 Å². The van der Waals surface area contributed by atoms with Crippen LogP contribution in [0.4, 0.5) is 27.4 Å². The Morgan fingerprint density at radius 2 is 1.62 bits per heavy atom. The van der Waals surface area contributed by atoms with E-state index in [1.165, 1.54) is 18.5 Å². The summed E-state index contributed by atoms with van der Waals surface area (Å²) in [7, 11) is 4.02. The van der Waals surface area contributed by atoms with Crippen molar-refractivity contribution in [2.75, 3.05) is 36.2 Å². The molecule has 134 valence electrons. The van der Waals surface area contributed by atoms with Crippen LogP contribution >= 0.6 is 0 Å². The molecule has 0 aliphatic rings. The van der Waals surface area contributed by atoms with Gasteiger partial charge in [0.2, 0.25) is 0 Å². The monoisotopic (exact) mass is 351 g/mol. The fourth-order valence-corrected chi connectivity index (χ4v) is 2.50. The van der Waals surface area contributed by atoms with Gasteiger partial charge in [0.05, 0.1) is 0 Å². The smallest absolute Gasteiger partial charge is 0.135 e.